The molecule has 0 atom stereocenters. The van der Waals surface area contributed by atoms with E-state index in [0.717, 1.165) is 16.6 Å². The number of H-pyrrole nitrogens is 1. The van der Waals surface area contributed by atoms with Crippen LogP contribution in [0.3, 0.4) is 0 Å². The summed E-state index contributed by atoms with van der Waals surface area (Å²) in [7, 11) is 0. The minimum absolute atomic E-state index is 0.231. The van der Waals surface area contributed by atoms with Gasteiger partial charge in [-0.15, -0.1) is 0 Å². The highest BCUT2D eigenvalue weighted by Crippen LogP contribution is 2.26. The van der Waals surface area contributed by atoms with E-state index in [1.54, 1.807) is 18.6 Å². The Morgan fingerprint density at radius 3 is 2.82 bits per heavy atom. The van der Waals surface area contributed by atoms with Crippen LogP contribution < -0.4 is 5.56 Å². The first-order valence-electron chi connectivity index (χ1n) is 6.66. The molecule has 22 heavy (non-hydrogen) atoms. The SMILES string of the molecule is O=c1cnc(-c2ccc3oc(-c4cccnc4)nc3c2)c[nH]1. The fraction of sp³-hybridized carbons (Fsp3) is 0. The number of aromatic amines is 1. The summed E-state index contributed by atoms with van der Waals surface area (Å²) in [5.74, 6) is 0.523. The Morgan fingerprint density at radius 1 is 1.09 bits per heavy atom. The largest absolute Gasteiger partial charge is 0.436 e. The fourth-order valence-electron chi connectivity index (χ4n) is 2.20. The van der Waals surface area contributed by atoms with E-state index in [1.165, 1.54) is 6.20 Å². The lowest BCUT2D eigenvalue weighted by atomic mass is 10.1. The van der Waals surface area contributed by atoms with Crippen molar-refractivity contribution in [3.8, 4) is 22.7 Å². The van der Waals surface area contributed by atoms with Gasteiger partial charge >= 0.3 is 0 Å². The number of fused-ring (bicyclic) bond motifs is 1. The van der Waals surface area contributed by atoms with Crippen molar-refractivity contribution >= 4 is 11.1 Å². The molecular weight excluding hydrogens is 280 g/mol. The molecule has 0 saturated heterocycles. The van der Waals surface area contributed by atoms with Crippen molar-refractivity contribution in [3.05, 3.63) is 65.5 Å². The van der Waals surface area contributed by atoms with Crippen LogP contribution in [0.4, 0.5) is 0 Å². The first kappa shape index (κ1) is 12.5. The predicted octanol–water partition coefficient (Wildman–Crippen LogP) is 2.64. The Kier molecular flexibility index (Phi) is 2.79. The van der Waals surface area contributed by atoms with Gasteiger partial charge in [0.2, 0.25) is 5.89 Å². The predicted molar refractivity (Wildman–Crippen MR) is 81.1 cm³/mol. The van der Waals surface area contributed by atoms with Crippen LogP contribution >= 0.6 is 0 Å². The topological polar surface area (TPSA) is 84.7 Å². The molecule has 0 unspecified atom stereocenters. The van der Waals surface area contributed by atoms with Crippen LogP contribution in [0.25, 0.3) is 33.8 Å². The number of aromatic nitrogens is 4. The molecule has 0 bridgehead atoms. The van der Waals surface area contributed by atoms with Crippen molar-refractivity contribution in [2.45, 2.75) is 0 Å². The standard InChI is InChI=1S/C16H10N4O2/c21-15-9-18-13(8-19-15)10-3-4-14-12(6-10)20-16(22-14)11-2-1-5-17-7-11/h1-9H,(H,19,21). The van der Waals surface area contributed by atoms with Crippen LogP contribution in [0.2, 0.25) is 0 Å². The van der Waals surface area contributed by atoms with E-state index in [4.69, 9.17) is 4.42 Å². The summed E-state index contributed by atoms with van der Waals surface area (Å²) in [6.07, 6.45) is 6.23. The number of oxazole rings is 1. The smallest absolute Gasteiger partial charge is 0.266 e. The molecule has 0 aliphatic heterocycles. The van der Waals surface area contributed by atoms with Crippen LogP contribution in [-0.4, -0.2) is 19.9 Å². The molecule has 0 aliphatic rings. The van der Waals surface area contributed by atoms with E-state index in [-0.39, 0.29) is 5.56 Å². The number of rotatable bonds is 2. The molecule has 0 amide bonds. The third kappa shape index (κ3) is 2.16. The minimum Gasteiger partial charge on any atom is -0.436 e. The maximum atomic E-state index is 11.1. The maximum Gasteiger partial charge on any atom is 0.266 e. The summed E-state index contributed by atoms with van der Waals surface area (Å²) >= 11 is 0. The summed E-state index contributed by atoms with van der Waals surface area (Å²) in [5, 5.41) is 0. The van der Waals surface area contributed by atoms with Gasteiger partial charge in [0.1, 0.15) is 5.52 Å². The quantitative estimate of drug-likeness (QED) is 0.613. The zero-order valence-corrected chi connectivity index (χ0v) is 11.4. The van der Waals surface area contributed by atoms with Crippen molar-refractivity contribution in [3.63, 3.8) is 0 Å². The van der Waals surface area contributed by atoms with Crippen LogP contribution in [0, 0.1) is 0 Å². The van der Waals surface area contributed by atoms with E-state index >= 15 is 0 Å². The van der Waals surface area contributed by atoms with Crippen LogP contribution in [0.1, 0.15) is 0 Å². The fourth-order valence-corrected chi connectivity index (χ4v) is 2.20. The average molecular weight is 290 g/mol. The first-order valence-corrected chi connectivity index (χ1v) is 6.66. The molecule has 0 radical (unpaired) electrons. The van der Waals surface area contributed by atoms with Gasteiger partial charge in [-0.3, -0.25) is 9.78 Å². The average Bonchev–Trinajstić information content (AvgIpc) is 2.99. The number of nitrogens with zero attached hydrogens (tertiary/aromatic N) is 3. The molecule has 4 aromatic rings. The Balaban J connectivity index is 1.81. The van der Waals surface area contributed by atoms with Crippen molar-refractivity contribution in [2.75, 3.05) is 0 Å². The van der Waals surface area contributed by atoms with E-state index < -0.39 is 0 Å². The number of hydrogen-bond donors (Lipinski definition) is 1. The van der Waals surface area contributed by atoms with Gasteiger partial charge in [-0.05, 0) is 30.3 Å². The van der Waals surface area contributed by atoms with Crippen molar-refractivity contribution in [1.82, 2.24) is 19.9 Å². The Labute approximate surface area is 124 Å². The van der Waals surface area contributed by atoms with Crippen LogP contribution in [-0.2, 0) is 0 Å². The molecule has 6 heteroatoms. The first-order chi connectivity index (χ1) is 10.8. The minimum atomic E-state index is -0.231. The summed E-state index contributed by atoms with van der Waals surface area (Å²) in [5.41, 5.74) is 3.53. The Morgan fingerprint density at radius 2 is 2.05 bits per heavy atom. The van der Waals surface area contributed by atoms with Crippen molar-refractivity contribution in [1.29, 1.82) is 0 Å². The monoisotopic (exact) mass is 290 g/mol. The van der Waals surface area contributed by atoms with Crippen LogP contribution in [0.5, 0.6) is 0 Å². The summed E-state index contributed by atoms with van der Waals surface area (Å²) in [6.45, 7) is 0. The second-order valence-electron chi connectivity index (χ2n) is 4.74. The summed E-state index contributed by atoms with van der Waals surface area (Å²) in [4.78, 5) is 26.3. The second kappa shape index (κ2) is 4.92. The zero-order valence-electron chi connectivity index (χ0n) is 11.4. The van der Waals surface area contributed by atoms with Crippen LogP contribution in [0.15, 0.2) is 64.3 Å². The molecule has 1 aromatic carbocycles. The third-order valence-corrected chi connectivity index (χ3v) is 3.26. The molecule has 3 aromatic heterocycles. The molecule has 4 rings (SSSR count). The molecule has 106 valence electrons. The summed E-state index contributed by atoms with van der Waals surface area (Å²) in [6, 6.07) is 9.31. The number of pyridine rings is 1. The number of nitrogens with one attached hydrogen (secondary N) is 1. The molecule has 0 aliphatic carbocycles. The van der Waals surface area contributed by atoms with Gasteiger partial charge < -0.3 is 9.40 Å². The van der Waals surface area contributed by atoms with Crippen molar-refractivity contribution < 1.29 is 4.42 Å². The van der Waals surface area contributed by atoms with Crippen molar-refractivity contribution in [2.24, 2.45) is 0 Å². The van der Waals surface area contributed by atoms with Gasteiger partial charge in [-0.2, -0.15) is 0 Å². The lowest BCUT2D eigenvalue weighted by molar-refractivity contribution is 0.619. The van der Waals surface area contributed by atoms with Gasteiger partial charge in [0.25, 0.3) is 5.56 Å². The van der Waals surface area contributed by atoms with Gasteiger partial charge in [0, 0.05) is 24.2 Å². The lowest BCUT2D eigenvalue weighted by Gasteiger charge is -1.98. The summed E-state index contributed by atoms with van der Waals surface area (Å²) < 4.78 is 5.73. The Bertz CT molecular complexity index is 985. The molecule has 3 heterocycles. The molecular formula is C16H10N4O2. The van der Waals surface area contributed by atoms with Gasteiger partial charge in [0.05, 0.1) is 17.5 Å². The zero-order chi connectivity index (χ0) is 14.9. The number of benzene rings is 1. The van der Waals surface area contributed by atoms with E-state index in [1.807, 2.05) is 30.3 Å². The lowest BCUT2D eigenvalue weighted by Crippen LogP contribution is -2.04. The second-order valence-corrected chi connectivity index (χ2v) is 4.74. The molecule has 1 N–H and O–H groups in total. The number of hydrogen-bond acceptors (Lipinski definition) is 5. The third-order valence-electron chi connectivity index (χ3n) is 3.26. The van der Waals surface area contributed by atoms with Gasteiger partial charge in [0.15, 0.2) is 5.58 Å². The molecule has 0 fully saturated rings. The van der Waals surface area contributed by atoms with E-state index in [9.17, 15) is 4.79 Å². The van der Waals surface area contributed by atoms with E-state index in [0.29, 0.717) is 17.2 Å². The maximum absolute atomic E-state index is 11.1. The van der Waals surface area contributed by atoms with Gasteiger partial charge in [-0.1, -0.05) is 0 Å². The molecule has 6 nitrogen and oxygen atoms in total. The van der Waals surface area contributed by atoms with E-state index in [2.05, 4.69) is 19.9 Å². The normalized spacial score (nSPS) is 10.9. The highest BCUT2D eigenvalue weighted by atomic mass is 16.3. The highest BCUT2D eigenvalue weighted by Gasteiger charge is 2.09. The highest BCUT2D eigenvalue weighted by molar-refractivity contribution is 5.81. The Hall–Kier alpha value is -3.28. The molecule has 0 spiro atoms. The van der Waals surface area contributed by atoms with Gasteiger partial charge in [-0.25, -0.2) is 9.97 Å². The molecule has 0 saturated carbocycles.